The molecule has 1 rings (SSSR count). The highest BCUT2D eigenvalue weighted by Crippen LogP contribution is 2.47. The molecule has 0 heterocycles. The fraction of sp³-hybridized carbons (Fsp3) is 0.969. The van der Waals surface area contributed by atoms with Crippen LogP contribution in [0, 0.1) is 0 Å². The molecule has 0 radical (unpaired) electrons. The lowest BCUT2D eigenvalue weighted by Gasteiger charge is -2.41. The van der Waals surface area contributed by atoms with Crippen LogP contribution in [0.15, 0.2) is 0 Å². The SMILES string of the molecule is CCCCCCCCCCCC(O)C(COP(=O)(O)OC1C(O)C(O)C(O)C(O)C1O)NC(=O)CC(O)CCCCCCCCC. The topological polar surface area (TPSA) is 226 Å². The Labute approximate surface area is 275 Å². The van der Waals surface area contributed by atoms with E-state index in [0.29, 0.717) is 12.8 Å². The molecule has 8 unspecified atom stereocenters. The average Bonchev–Trinajstić information content (AvgIpc) is 3.01. The van der Waals surface area contributed by atoms with E-state index in [9.17, 15) is 50.0 Å². The summed E-state index contributed by atoms with van der Waals surface area (Å²) >= 11 is 0. The molecule has 0 spiro atoms. The number of aliphatic hydroxyl groups is 7. The predicted molar refractivity (Wildman–Crippen MR) is 174 cm³/mol. The van der Waals surface area contributed by atoms with Crippen molar-refractivity contribution in [1.29, 1.82) is 0 Å². The summed E-state index contributed by atoms with van der Waals surface area (Å²) in [5, 5.41) is 73.7. The summed E-state index contributed by atoms with van der Waals surface area (Å²) in [4.78, 5) is 23.1. The van der Waals surface area contributed by atoms with Gasteiger partial charge in [-0.2, -0.15) is 0 Å². The molecule has 1 amide bonds. The van der Waals surface area contributed by atoms with Crippen LogP contribution in [0.5, 0.6) is 0 Å². The van der Waals surface area contributed by atoms with E-state index in [1.165, 1.54) is 44.9 Å². The summed E-state index contributed by atoms with van der Waals surface area (Å²) in [5.74, 6) is -0.567. The highest BCUT2D eigenvalue weighted by atomic mass is 31.2. The molecule has 0 saturated heterocycles. The number of unbranched alkanes of at least 4 members (excludes halogenated alkanes) is 14. The number of carbonyl (C=O) groups is 1. The van der Waals surface area contributed by atoms with Crippen molar-refractivity contribution in [3.63, 3.8) is 0 Å². The quantitative estimate of drug-likeness (QED) is 0.0449. The molecule has 1 fully saturated rings. The molecule has 0 bridgehead atoms. The molecule has 0 aliphatic heterocycles. The molecular weight excluding hydrogens is 621 g/mol. The molecule has 9 N–H and O–H groups in total. The molecule has 0 aromatic carbocycles. The van der Waals surface area contributed by atoms with Crippen LogP contribution in [0.4, 0.5) is 0 Å². The van der Waals surface area contributed by atoms with Gasteiger partial charge in [0.25, 0.3) is 0 Å². The Morgan fingerprint density at radius 3 is 1.57 bits per heavy atom. The van der Waals surface area contributed by atoms with Crippen molar-refractivity contribution in [3.8, 4) is 0 Å². The normalized spacial score (nSPS) is 26.7. The Hall–Kier alpha value is -0.700. The third-order valence-electron chi connectivity index (χ3n) is 8.72. The molecule has 13 nitrogen and oxygen atoms in total. The van der Waals surface area contributed by atoms with Crippen molar-refractivity contribution in [3.05, 3.63) is 0 Å². The van der Waals surface area contributed by atoms with Gasteiger partial charge in [0, 0.05) is 0 Å². The van der Waals surface area contributed by atoms with Gasteiger partial charge in [0.05, 0.1) is 31.3 Å². The standard InChI is InChI=1S/C32H64NO12P/c1-3-5-7-9-11-12-14-16-18-20-25(35)24(33-26(36)21-23(34)19-17-15-13-10-8-6-4-2)22-44-46(42,43)45-32-30(40)28(38)27(37)29(39)31(32)41/h23-25,27-32,34-35,37-41H,3-22H2,1-2H3,(H,33,36)(H,42,43). The van der Waals surface area contributed by atoms with Crippen LogP contribution in [-0.4, -0.2) is 108 Å². The summed E-state index contributed by atoms with van der Waals surface area (Å²) in [6.45, 7) is 3.65. The van der Waals surface area contributed by atoms with Gasteiger partial charge < -0.3 is 46.0 Å². The third-order valence-corrected chi connectivity index (χ3v) is 9.71. The summed E-state index contributed by atoms with van der Waals surface area (Å²) in [7, 11) is -5.09. The van der Waals surface area contributed by atoms with Crippen LogP contribution < -0.4 is 5.32 Å². The monoisotopic (exact) mass is 685 g/mol. The van der Waals surface area contributed by atoms with Gasteiger partial charge in [-0.1, -0.05) is 117 Å². The van der Waals surface area contributed by atoms with E-state index >= 15 is 0 Å². The minimum Gasteiger partial charge on any atom is -0.393 e. The third kappa shape index (κ3) is 17.6. The highest BCUT2D eigenvalue weighted by molar-refractivity contribution is 7.47. The molecule has 1 aliphatic carbocycles. The molecule has 8 atom stereocenters. The zero-order chi connectivity index (χ0) is 34.5. The number of hydrogen-bond donors (Lipinski definition) is 9. The van der Waals surface area contributed by atoms with Gasteiger partial charge in [-0.05, 0) is 12.8 Å². The molecule has 0 aromatic heterocycles. The molecular formula is C32H64NO12P. The predicted octanol–water partition coefficient (Wildman–Crippen LogP) is 2.96. The zero-order valence-corrected chi connectivity index (χ0v) is 28.9. The van der Waals surface area contributed by atoms with Crippen LogP contribution in [0.2, 0.25) is 0 Å². The summed E-state index contributed by atoms with van der Waals surface area (Å²) in [6, 6.07) is -1.14. The van der Waals surface area contributed by atoms with Gasteiger partial charge in [-0.3, -0.25) is 13.8 Å². The largest absolute Gasteiger partial charge is 0.472 e. The number of carbonyl (C=O) groups excluding carboxylic acids is 1. The van der Waals surface area contributed by atoms with E-state index in [0.717, 1.165) is 51.4 Å². The number of hydrogen-bond acceptors (Lipinski definition) is 11. The second-order valence-electron chi connectivity index (χ2n) is 12.9. The zero-order valence-electron chi connectivity index (χ0n) is 28.0. The van der Waals surface area contributed by atoms with E-state index in [2.05, 4.69) is 19.2 Å². The van der Waals surface area contributed by atoms with Gasteiger partial charge in [-0.15, -0.1) is 0 Å². The maximum absolute atomic E-state index is 12.8. The first-order chi connectivity index (χ1) is 21.8. The van der Waals surface area contributed by atoms with Gasteiger partial charge in [0.2, 0.25) is 5.91 Å². The minimum atomic E-state index is -5.09. The van der Waals surface area contributed by atoms with Crippen molar-refractivity contribution in [2.75, 3.05) is 6.61 Å². The Morgan fingerprint density at radius 2 is 1.09 bits per heavy atom. The van der Waals surface area contributed by atoms with Gasteiger partial charge >= 0.3 is 7.82 Å². The Kier molecular flexibility index (Phi) is 23.0. The Bertz CT molecular complexity index is 823. The molecule has 1 aliphatic rings. The minimum absolute atomic E-state index is 0.219. The number of aliphatic hydroxyl groups excluding tert-OH is 7. The maximum atomic E-state index is 12.8. The molecule has 274 valence electrons. The Morgan fingerprint density at radius 1 is 0.674 bits per heavy atom. The average molecular weight is 686 g/mol. The van der Waals surface area contributed by atoms with E-state index in [1.807, 2.05) is 0 Å². The highest BCUT2D eigenvalue weighted by Gasteiger charge is 2.51. The first-order valence-electron chi connectivity index (χ1n) is 17.6. The number of rotatable bonds is 27. The van der Waals surface area contributed by atoms with Crippen molar-refractivity contribution in [2.24, 2.45) is 0 Å². The molecule has 1 saturated carbocycles. The van der Waals surface area contributed by atoms with Crippen LogP contribution in [0.1, 0.15) is 136 Å². The lowest BCUT2D eigenvalue weighted by atomic mass is 9.85. The van der Waals surface area contributed by atoms with Crippen LogP contribution in [0.25, 0.3) is 0 Å². The first kappa shape index (κ1) is 43.3. The van der Waals surface area contributed by atoms with Crippen molar-refractivity contribution in [2.45, 2.75) is 191 Å². The van der Waals surface area contributed by atoms with Gasteiger partial charge in [0.15, 0.2) is 0 Å². The van der Waals surface area contributed by atoms with E-state index in [1.54, 1.807) is 0 Å². The van der Waals surface area contributed by atoms with E-state index in [4.69, 9.17) is 9.05 Å². The Balaban J connectivity index is 2.70. The summed E-state index contributed by atoms with van der Waals surface area (Å²) < 4.78 is 22.6. The number of nitrogens with one attached hydrogen (secondary N) is 1. The van der Waals surface area contributed by atoms with Crippen LogP contribution in [0.3, 0.4) is 0 Å². The second-order valence-corrected chi connectivity index (χ2v) is 14.3. The lowest BCUT2D eigenvalue weighted by molar-refractivity contribution is -0.220. The molecule has 14 heteroatoms. The van der Waals surface area contributed by atoms with Crippen molar-refractivity contribution >= 4 is 13.7 Å². The molecule has 46 heavy (non-hydrogen) atoms. The fourth-order valence-electron chi connectivity index (χ4n) is 5.71. The van der Waals surface area contributed by atoms with Crippen molar-refractivity contribution in [1.82, 2.24) is 5.32 Å². The number of amides is 1. The van der Waals surface area contributed by atoms with E-state index in [-0.39, 0.29) is 12.8 Å². The van der Waals surface area contributed by atoms with E-state index < -0.39 is 75.2 Å². The summed E-state index contributed by atoms with van der Waals surface area (Å²) in [5.41, 5.74) is 0. The van der Waals surface area contributed by atoms with Crippen molar-refractivity contribution < 1.29 is 59.0 Å². The van der Waals surface area contributed by atoms with Gasteiger partial charge in [0.1, 0.15) is 36.6 Å². The second kappa shape index (κ2) is 24.4. The smallest absolute Gasteiger partial charge is 0.393 e. The fourth-order valence-corrected chi connectivity index (χ4v) is 6.68. The number of phosphoric acid groups is 1. The molecule has 0 aromatic rings. The first-order valence-corrected chi connectivity index (χ1v) is 19.1. The van der Waals surface area contributed by atoms with Crippen LogP contribution >= 0.6 is 7.82 Å². The summed E-state index contributed by atoms with van der Waals surface area (Å²) in [6.07, 6.45) is 3.67. The lowest BCUT2D eigenvalue weighted by Crippen LogP contribution is -2.64. The maximum Gasteiger partial charge on any atom is 0.472 e. The number of phosphoric ester groups is 1. The van der Waals surface area contributed by atoms with Crippen LogP contribution in [-0.2, 0) is 18.4 Å². The van der Waals surface area contributed by atoms with Gasteiger partial charge in [-0.25, -0.2) is 4.57 Å².